The average Bonchev–Trinajstić information content (AvgIpc) is 2.30. The fraction of sp³-hybridized carbons (Fsp3) is 0.700. The van der Waals surface area contributed by atoms with Crippen molar-refractivity contribution in [2.75, 3.05) is 0 Å². The molecule has 0 bridgehead atoms. The summed E-state index contributed by atoms with van der Waals surface area (Å²) in [5.41, 5.74) is 1.17. The van der Waals surface area contributed by atoms with Crippen molar-refractivity contribution in [1.82, 2.24) is 0 Å². The molecule has 0 aromatic rings. The van der Waals surface area contributed by atoms with Gasteiger partial charge >= 0.3 is 0 Å². The molecular weight excluding hydrogens is 136 g/mol. The molecule has 0 aromatic carbocycles. The first-order valence-electron chi connectivity index (χ1n) is 4.27. The Bertz CT molecular complexity index is 172. The van der Waals surface area contributed by atoms with Gasteiger partial charge in [0.2, 0.25) is 0 Å². The van der Waals surface area contributed by atoms with Crippen molar-refractivity contribution in [2.45, 2.75) is 26.7 Å². The molecule has 0 amide bonds. The zero-order chi connectivity index (χ0) is 8.43. The molecule has 1 aliphatic carbocycles. The van der Waals surface area contributed by atoms with Crippen LogP contribution in [0.3, 0.4) is 0 Å². The first kappa shape index (κ1) is 8.51. The van der Waals surface area contributed by atoms with E-state index >= 15 is 0 Å². The monoisotopic (exact) mass is 152 g/mol. The lowest BCUT2D eigenvalue weighted by Crippen LogP contribution is -2.14. The molecule has 3 atom stereocenters. The fourth-order valence-electron chi connectivity index (χ4n) is 2.03. The lowest BCUT2D eigenvalue weighted by atomic mass is 9.88. The zero-order valence-electron chi connectivity index (χ0n) is 7.34. The summed E-state index contributed by atoms with van der Waals surface area (Å²) in [4.78, 5) is 10.7. The Hall–Kier alpha value is -0.590. The van der Waals surface area contributed by atoms with Crippen molar-refractivity contribution in [2.24, 2.45) is 17.8 Å². The number of rotatable bonds is 2. The number of carbonyl (C=O) groups excluding carboxylic acids is 1. The van der Waals surface area contributed by atoms with Crippen LogP contribution in [0.2, 0.25) is 0 Å². The Balaban J connectivity index is 2.68. The molecule has 0 spiro atoms. The van der Waals surface area contributed by atoms with Gasteiger partial charge in [-0.3, -0.25) is 0 Å². The molecule has 1 nitrogen and oxygen atoms in total. The summed E-state index contributed by atoms with van der Waals surface area (Å²) >= 11 is 0. The minimum Gasteiger partial charge on any atom is -0.303 e. The van der Waals surface area contributed by atoms with Gasteiger partial charge in [-0.2, -0.15) is 0 Å². The van der Waals surface area contributed by atoms with E-state index in [1.807, 2.05) is 6.92 Å². The summed E-state index contributed by atoms with van der Waals surface area (Å²) in [5.74, 6) is 1.27. The Labute approximate surface area is 68.5 Å². The maximum Gasteiger partial charge on any atom is 0.123 e. The van der Waals surface area contributed by atoms with Crippen LogP contribution in [0.4, 0.5) is 0 Å². The van der Waals surface area contributed by atoms with Crippen molar-refractivity contribution in [3.63, 3.8) is 0 Å². The van der Waals surface area contributed by atoms with Gasteiger partial charge in [0, 0.05) is 5.92 Å². The summed E-state index contributed by atoms with van der Waals surface area (Å²) in [5, 5.41) is 0. The Morgan fingerprint density at radius 3 is 2.55 bits per heavy atom. The number of aldehydes is 1. The Morgan fingerprint density at radius 1 is 1.55 bits per heavy atom. The van der Waals surface area contributed by atoms with Gasteiger partial charge in [-0.15, -0.1) is 0 Å². The zero-order valence-corrected chi connectivity index (χ0v) is 7.34. The highest BCUT2D eigenvalue weighted by Crippen LogP contribution is 2.38. The van der Waals surface area contributed by atoms with Crippen LogP contribution in [0.15, 0.2) is 12.2 Å². The highest BCUT2D eigenvalue weighted by Gasteiger charge is 2.32. The molecule has 62 valence electrons. The summed E-state index contributed by atoms with van der Waals surface area (Å²) in [6.07, 6.45) is 3.44. The Morgan fingerprint density at radius 2 is 2.18 bits per heavy atom. The van der Waals surface area contributed by atoms with E-state index in [4.69, 9.17) is 0 Å². The van der Waals surface area contributed by atoms with Crippen molar-refractivity contribution < 1.29 is 4.79 Å². The van der Waals surface area contributed by atoms with Gasteiger partial charge < -0.3 is 4.79 Å². The summed E-state index contributed by atoms with van der Waals surface area (Å²) in [6.45, 7) is 8.09. The van der Waals surface area contributed by atoms with Crippen LogP contribution in [-0.4, -0.2) is 6.29 Å². The van der Waals surface area contributed by atoms with Crippen LogP contribution in [0.25, 0.3) is 0 Å². The van der Waals surface area contributed by atoms with Gasteiger partial charge in [-0.25, -0.2) is 0 Å². The molecule has 0 unspecified atom stereocenters. The average molecular weight is 152 g/mol. The minimum absolute atomic E-state index is 0.243. The quantitative estimate of drug-likeness (QED) is 0.438. The highest BCUT2D eigenvalue weighted by atomic mass is 16.1. The van der Waals surface area contributed by atoms with Gasteiger partial charge in [0.15, 0.2) is 0 Å². The lowest BCUT2D eigenvalue weighted by Gasteiger charge is -2.16. The van der Waals surface area contributed by atoms with Gasteiger partial charge in [0.25, 0.3) is 0 Å². The molecule has 1 aliphatic rings. The second-order valence-electron chi connectivity index (χ2n) is 3.72. The van der Waals surface area contributed by atoms with Crippen molar-refractivity contribution in [3.05, 3.63) is 12.2 Å². The number of hydrogen-bond acceptors (Lipinski definition) is 1. The second-order valence-corrected chi connectivity index (χ2v) is 3.72. The van der Waals surface area contributed by atoms with Gasteiger partial charge in [-0.1, -0.05) is 19.1 Å². The third-order valence-electron chi connectivity index (χ3n) is 2.84. The molecule has 0 heterocycles. The maximum absolute atomic E-state index is 10.7. The number of carbonyl (C=O) groups is 1. The molecule has 0 saturated heterocycles. The molecular formula is C10H16O. The third kappa shape index (κ3) is 1.52. The van der Waals surface area contributed by atoms with Crippen molar-refractivity contribution in [3.8, 4) is 0 Å². The normalized spacial score (nSPS) is 37.1. The standard InChI is InChI=1S/C10H16O/c1-7(2)9-5-4-8(3)10(9)6-11/h6,8-10H,1,4-5H2,2-3H3/t8-,9-,10+/m1/s1. The van der Waals surface area contributed by atoms with Crippen LogP contribution < -0.4 is 0 Å². The number of hydrogen-bond donors (Lipinski definition) is 0. The van der Waals surface area contributed by atoms with Gasteiger partial charge in [0.1, 0.15) is 6.29 Å². The smallest absolute Gasteiger partial charge is 0.123 e. The van der Waals surface area contributed by atoms with Crippen LogP contribution in [0, 0.1) is 17.8 Å². The molecule has 0 radical (unpaired) electrons. The first-order valence-corrected chi connectivity index (χ1v) is 4.27. The summed E-state index contributed by atoms with van der Waals surface area (Å²) in [6, 6.07) is 0. The topological polar surface area (TPSA) is 17.1 Å². The fourth-order valence-corrected chi connectivity index (χ4v) is 2.03. The van der Waals surface area contributed by atoms with E-state index in [9.17, 15) is 4.79 Å². The SMILES string of the molecule is C=C(C)[C@H]1CC[C@@H](C)[C@@H]1C=O. The van der Waals surface area contributed by atoms with Crippen LogP contribution in [0.5, 0.6) is 0 Å². The van der Waals surface area contributed by atoms with Crippen LogP contribution in [0.1, 0.15) is 26.7 Å². The molecule has 0 aromatic heterocycles. The predicted octanol–water partition coefficient (Wildman–Crippen LogP) is 2.42. The molecule has 1 saturated carbocycles. The summed E-state index contributed by atoms with van der Waals surface area (Å²) < 4.78 is 0. The molecule has 1 rings (SSSR count). The maximum atomic E-state index is 10.7. The summed E-state index contributed by atoms with van der Waals surface area (Å²) in [7, 11) is 0. The van der Waals surface area contributed by atoms with E-state index in [1.165, 1.54) is 12.0 Å². The molecule has 0 N–H and O–H groups in total. The van der Waals surface area contributed by atoms with Crippen LogP contribution in [-0.2, 0) is 4.79 Å². The number of allylic oxidation sites excluding steroid dienone is 1. The minimum atomic E-state index is 0.243. The predicted molar refractivity (Wildman–Crippen MR) is 46.3 cm³/mol. The van der Waals surface area contributed by atoms with E-state index in [1.54, 1.807) is 0 Å². The molecule has 1 heteroatoms. The van der Waals surface area contributed by atoms with Crippen molar-refractivity contribution in [1.29, 1.82) is 0 Å². The van der Waals surface area contributed by atoms with Gasteiger partial charge in [0.05, 0.1) is 0 Å². The van der Waals surface area contributed by atoms with E-state index < -0.39 is 0 Å². The third-order valence-corrected chi connectivity index (χ3v) is 2.84. The van der Waals surface area contributed by atoms with E-state index in [2.05, 4.69) is 13.5 Å². The molecule has 1 fully saturated rings. The second kappa shape index (κ2) is 3.21. The molecule has 11 heavy (non-hydrogen) atoms. The van der Waals surface area contributed by atoms with Crippen LogP contribution >= 0.6 is 0 Å². The Kier molecular flexibility index (Phi) is 2.48. The molecule has 0 aliphatic heterocycles. The lowest BCUT2D eigenvalue weighted by molar-refractivity contribution is -0.112. The van der Waals surface area contributed by atoms with Crippen molar-refractivity contribution >= 4 is 6.29 Å². The van der Waals surface area contributed by atoms with E-state index in [0.29, 0.717) is 11.8 Å². The first-order chi connectivity index (χ1) is 5.16. The van der Waals surface area contributed by atoms with Gasteiger partial charge in [-0.05, 0) is 31.6 Å². The van der Waals surface area contributed by atoms with E-state index in [-0.39, 0.29) is 5.92 Å². The van der Waals surface area contributed by atoms with E-state index in [0.717, 1.165) is 12.7 Å². The highest BCUT2D eigenvalue weighted by molar-refractivity contribution is 5.56. The largest absolute Gasteiger partial charge is 0.303 e.